The average Bonchev–Trinajstić information content (AvgIpc) is 2.94. The molecule has 2 aromatic rings. The van der Waals surface area contributed by atoms with Crippen molar-refractivity contribution in [1.82, 2.24) is 10.3 Å². The number of ether oxygens (including phenoxy) is 1. The van der Waals surface area contributed by atoms with Crippen molar-refractivity contribution in [2.75, 3.05) is 6.61 Å². The summed E-state index contributed by atoms with van der Waals surface area (Å²) in [5.41, 5.74) is 1.12. The summed E-state index contributed by atoms with van der Waals surface area (Å²) in [4.78, 5) is 5.78. The molecule has 20 heavy (non-hydrogen) atoms. The Balaban J connectivity index is 2.06. The van der Waals surface area contributed by atoms with Gasteiger partial charge in [-0.05, 0) is 32.4 Å². The van der Waals surface area contributed by atoms with Crippen LogP contribution in [0.25, 0.3) is 10.6 Å². The van der Waals surface area contributed by atoms with Crippen LogP contribution in [0.3, 0.4) is 0 Å². The summed E-state index contributed by atoms with van der Waals surface area (Å²) in [5.74, 6) is 0.902. The van der Waals surface area contributed by atoms with E-state index >= 15 is 0 Å². The zero-order valence-corrected chi connectivity index (χ0v) is 13.2. The number of benzene rings is 1. The summed E-state index contributed by atoms with van der Waals surface area (Å²) in [6.45, 7) is 7.96. The zero-order chi connectivity index (χ0) is 14.4. The summed E-state index contributed by atoms with van der Waals surface area (Å²) < 4.78 is 5.53. The number of nitrogens with one attached hydrogen (secondary N) is 1. The monoisotopic (exact) mass is 290 g/mol. The summed E-state index contributed by atoms with van der Waals surface area (Å²) in [7, 11) is 0. The van der Waals surface area contributed by atoms with Gasteiger partial charge in [0.05, 0.1) is 6.61 Å². The van der Waals surface area contributed by atoms with Gasteiger partial charge >= 0.3 is 0 Å². The van der Waals surface area contributed by atoms with Gasteiger partial charge in [-0.1, -0.05) is 19.1 Å². The van der Waals surface area contributed by atoms with Crippen LogP contribution in [0.4, 0.5) is 0 Å². The fourth-order valence-electron chi connectivity index (χ4n) is 1.83. The largest absolute Gasteiger partial charge is 0.494 e. The highest BCUT2D eigenvalue weighted by Gasteiger charge is 2.07. The molecule has 3 nitrogen and oxygen atoms in total. The third-order valence-corrected chi connectivity index (χ3v) is 4.23. The number of hydrogen-bond donors (Lipinski definition) is 1. The van der Waals surface area contributed by atoms with Gasteiger partial charge in [0.15, 0.2) is 0 Å². The van der Waals surface area contributed by atoms with Gasteiger partial charge in [0, 0.05) is 29.2 Å². The molecular formula is C16H22N2OS. The predicted octanol–water partition coefficient (Wildman–Crippen LogP) is 4.10. The Kier molecular flexibility index (Phi) is 5.56. The first kappa shape index (κ1) is 15.0. The van der Waals surface area contributed by atoms with Gasteiger partial charge in [-0.2, -0.15) is 0 Å². The Hall–Kier alpha value is -1.39. The van der Waals surface area contributed by atoms with Gasteiger partial charge in [0.25, 0.3) is 0 Å². The van der Waals surface area contributed by atoms with Crippen molar-refractivity contribution in [3.8, 4) is 16.3 Å². The Bertz CT molecular complexity index is 539. The highest BCUT2D eigenvalue weighted by atomic mass is 32.1. The van der Waals surface area contributed by atoms with Crippen LogP contribution in [0, 0.1) is 0 Å². The summed E-state index contributed by atoms with van der Waals surface area (Å²) in [6, 6.07) is 8.66. The average molecular weight is 290 g/mol. The van der Waals surface area contributed by atoms with Crippen LogP contribution in [-0.2, 0) is 6.54 Å². The maximum absolute atomic E-state index is 5.53. The minimum Gasteiger partial charge on any atom is -0.494 e. The molecule has 0 saturated heterocycles. The highest BCUT2D eigenvalue weighted by molar-refractivity contribution is 7.15. The predicted molar refractivity (Wildman–Crippen MR) is 85.3 cm³/mol. The molecular weight excluding hydrogens is 268 g/mol. The summed E-state index contributed by atoms with van der Waals surface area (Å²) in [6.07, 6.45) is 3.10. The fraction of sp³-hybridized carbons (Fsp3) is 0.438. The molecule has 4 heteroatoms. The molecule has 0 aliphatic carbocycles. The molecule has 1 heterocycles. The van der Waals surface area contributed by atoms with Crippen LogP contribution in [0.5, 0.6) is 5.75 Å². The van der Waals surface area contributed by atoms with E-state index in [0.717, 1.165) is 29.3 Å². The Morgan fingerprint density at radius 2 is 2.20 bits per heavy atom. The van der Waals surface area contributed by atoms with Crippen LogP contribution in [-0.4, -0.2) is 17.6 Å². The third kappa shape index (κ3) is 4.05. The van der Waals surface area contributed by atoms with E-state index in [2.05, 4.69) is 30.2 Å². The molecule has 0 spiro atoms. The minimum atomic E-state index is 0.543. The first-order valence-corrected chi connectivity index (χ1v) is 7.95. The standard InChI is InChI=1S/C16H22N2OS/c1-4-12(3)17-10-15-11-18-16(20-15)13-7-6-8-14(9-13)19-5-2/h6-9,11-12,17H,4-5,10H2,1-3H3. The first-order valence-electron chi connectivity index (χ1n) is 7.14. The van der Waals surface area contributed by atoms with Gasteiger partial charge in [-0.3, -0.25) is 0 Å². The second kappa shape index (κ2) is 7.41. The molecule has 0 amide bonds. The fourth-order valence-corrected chi connectivity index (χ4v) is 2.69. The van der Waals surface area contributed by atoms with Crippen molar-refractivity contribution in [3.05, 3.63) is 35.3 Å². The van der Waals surface area contributed by atoms with Crippen LogP contribution in [0.1, 0.15) is 32.1 Å². The normalized spacial score (nSPS) is 12.3. The van der Waals surface area contributed by atoms with Gasteiger partial charge in [-0.25, -0.2) is 4.98 Å². The van der Waals surface area contributed by atoms with E-state index in [1.165, 1.54) is 4.88 Å². The van der Waals surface area contributed by atoms with Crippen molar-refractivity contribution in [3.63, 3.8) is 0 Å². The second-order valence-corrected chi connectivity index (χ2v) is 5.90. The van der Waals surface area contributed by atoms with E-state index in [4.69, 9.17) is 4.74 Å². The zero-order valence-electron chi connectivity index (χ0n) is 12.3. The van der Waals surface area contributed by atoms with Gasteiger partial charge in [0.2, 0.25) is 0 Å². The number of thiazole rings is 1. The van der Waals surface area contributed by atoms with E-state index in [9.17, 15) is 0 Å². The van der Waals surface area contributed by atoms with Crippen LogP contribution in [0.2, 0.25) is 0 Å². The lowest BCUT2D eigenvalue weighted by Crippen LogP contribution is -2.23. The van der Waals surface area contributed by atoms with Crippen molar-refractivity contribution in [1.29, 1.82) is 0 Å². The number of aromatic nitrogens is 1. The molecule has 0 fully saturated rings. The topological polar surface area (TPSA) is 34.1 Å². The van der Waals surface area contributed by atoms with Crippen molar-refractivity contribution in [2.24, 2.45) is 0 Å². The first-order chi connectivity index (χ1) is 9.72. The van der Waals surface area contributed by atoms with E-state index in [-0.39, 0.29) is 0 Å². The Morgan fingerprint density at radius 1 is 1.35 bits per heavy atom. The molecule has 108 valence electrons. The second-order valence-electron chi connectivity index (χ2n) is 4.78. The van der Waals surface area contributed by atoms with Crippen molar-refractivity contribution < 1.29 is 4.74 Å². The number of rotatable bonds is 7. The Morgan fingerprint density at radius 3 is 2.95 bits per heavy atom. The minimum absolute atomic E-state index is 0.543. The van der Waals surface area contributed by atoms with Crippen LogP contribution >= 0.6 is 11.3 Å². The number of hydrogen-bond acceptors (Lipinski definition) is 4. The highest BCUT2D eigenvalue weighted by Crippen LogP contribution is 2.28. The molecule has 2 rings (SSSR count). The maximum atomic E-state index is 5.53. The molecule has 0 radical (unpaired) electrons. The van der Waals surface area contributed by atoms with Gasteiger partial charge in [0.1, 0.15) is 10.8 Å². The van der Waals surface area contributed by atoms with E-state index in [1.54, 1.807) is 11.3 Å². The molecule has 1 unspecified atom stereocenters. The van der Waals surface area contributed by atoms with Gasteiger partial charge in [-0.15, -0.1) is 11.3 Å². The molecule has 1 aromatic carbocycles. The molecule has 1 N–H and O–H groups in total. The summed E-state index contributed by atoms with van der Waals surface area (Å²) >= 11 is 1.74. The van der Waals surface area contributed by atoms with Crippen molar-refractivity contribution in [2.45, 2.75) is 39.8 Å². The van der Waals surface area contributed by atoms with Gasteiger partial charge < -0.3 is 10.1 Å². The molecule has 0 saturated carbocycles. The van der Waals surface area contributed by atoms with E-state index in [0.29, 0.717) is 12.6 Å². The van der Waals surface area contributed by atoms with Crippen LogP contribution < -0.4 is 10.1 Å². The number of nitrogens with zero attached hydrogens (tertiary/aromatic N) is 1. The molecule has 0 aliphatic heterocycles. The lowest BCUT2D eigenvalue weighted by Gasteiger charge is -2.08. The Labute approximate surface area is 125 Å². The lowest BCUT2D eigenvalue weighted by molar-refractivity contribution is 0.340. The third-order valence-electron chi connectivity index (χ3n) is 3.18. The maximum Gasteiger partial charge on any atom is 0.123 e. The van der Waals surface area contributed by atoms with E-state index < -0.39 is 0 Å². The van der Waals surface area contributed by atoms with Crippen molar-refractivity contribution >= 4 is 11.3 Å². The molecule has 1 atom stereocenters. The molecule has 0 aliphatic rings. The molecule has 1 aromatic heterocycles. The quantitative estimate of drug-likeness (QED) is 0.833. The van der Waals surface area contributed by atoms with Crippen LogP contribution in [0.15, 0.2) is 30.5 Å². The summed E-state index contributed by atoms with van der Waals surface area (Å²) in [5, 5.41) is 4.54. The van der Waals surface area contributed by atoms with E-state index in [1.807, 2.05) is 31.3 Å². The smallest absolute Gasteiger partial charge is 0.123 e. The molecule has 0 bridgehead atoms. The SMILES string of the molecule is CCOc1cccc(-c2ncc(CNC(C)CC)s2)c1. The lowest BCUT2D eigenvalue weighted by atomic mass is 10.2.